The maximum Gasteiger partial charge on any atom is 0.353 e. The number of aldehydes is 1. The zero-order valence-electron chi connectivity index (χ0n) is 14.9. The summed E-state index contributed by atoms with van der Waals surface area (Å²) >= 11 is 1.18. The van der Waals surface area contributed by atoms with Crippen LogP contribution in [0.15, 0.2) is 20.8 Å². The van der Waals surface area contributed by atoms with Gasteiger partial charge in [0.15, 0.2) is 5.17 Å². The van der Waals surface area contributed by atoms with E-state index in [0.717, 1.165) is 4.90 Å². The predicted molar refractivity (Wildman–Crippen MR) is 102 cm³/mol. The van der Waals surface area contributed by atoms with Crippen LogP contribution in [0.1, 0.15) is 13.3 Å². The first-order chi connectivity index (χ1) is 13.7. The van der Waals surface area contributed by atoms with Gasteiger partial charge in [0, 0.05) is 34.7 Å². The maximum absolute atomic E-state index is 12.4. The van der Waals surface area contributed by atoms with Crippen LogP contribution >= 0.6 is 11.8 Å². The molecule has 3 atom stereocenters. The van der Waals surface area contributed by atoms with E-state index in [0.29, 0.717) is 12.0 Å². The van der Waals surface area contributed by atoms with E-state index >= 15 is 0 Å². The lowest BCUT2D eigenvalue weighted by Gasteiger charge is -2.49. The van der Waals surface area contributed by atoms with Crippen molar-refractivity contribution < 1.29 is 33.9 Å². The van der Waals surface area contributed by atoms with Crippen molar-refractivity contribution in [2.75, 3.05) is 11.5 Å². The summed E-state index contributed by atoms with van der Waals surface area (Å²) < 4.78 is 3.61. The number of hydrogen-bond donors (Lipinski definition) is 3. The van der Waals surface area contributed by atoms with Gasteiger partial charge in [0.1, 0.15) is 23.4 Å². The number of rotatable bonds is 6. The Morgan fingerprint density at radius 1 is 1.52 bits per heavy atom. The molecule has 3 aliphatic rings. The third-order valence-electron chi connectivity index (χ3n) is 4.07. The van der Waals surface area contributed by atoms with Gasteiger partial charge in [-0.05, 0) is 4.53 Å². The monoisotopic (exact) mass is 441 g/mol. The van der Waals surface area contributed by atoms with Gasteiger partial charge >= 0.3 is 11.9 Å². The van der Waals surface area contributed by atoms with Crippen LogP contribution in [0.2, 0.25) is 0 Å². The van der Waals surface area contributed by atoms with E-state index in [2.05, 4.69) is 19.7 Å². The summed E-state index contributed by atoms with van der Waals surface area (Å²) in [5.41, 5.74) is 0.0178. The number of nitrogens with one attached hydrogen (secondary N) is 2. The molecular weight excluding hydrogens is 426 g/mol. The van der Waals surface area contributed by atoms with Crippen LogP contribution in [0.25, 0.3) is 0 Å². The topological polar surface area (TPSA) is 179 Å². The minimum atomic E-state index is -1.38. The molecule has 0 saturated carbocycles. The predicted octanol–water partition coefficient (Wildman–Crippen LogP) is -1.02. The van der Waals surface area contributed by atoms with E-state index in [1.165, 1.54) is 18.7 Å². The van der Waals surface area contributed by atoms with Crippen LogP contribution in [-0.2, 0) is 39.5 Å². The van der Waals surface area contributed by atoms with E-state index in [1.54, 1.807) is 0 Å². The molecule has 3 rings (SSSR count). The molecule has 14 heteroatoms. The molecule has 2 amide bonds. The van der Waals surface area contributed by atoms with Gasteiger partial charge in [0.25, 0.3) is 5.91 Å². The Kier molecular flexibility index (Phi) is 5.93. The Morgan fingerprint density at radius 2 is 2.24 bits per heavy atom. The molecule has 29 heavy (non-hydrogen) atoms. The molecule has 12 nitrogen and oxygen atoms in total. The standard InChI is InChI=1S/C15H15N5O7S2/c1-6(22)27-19-29-5-8(17-15(29)16)2-9(23)18-10-12(24)20-11(14(25)26)7(3-21)4-28-13(10)20/h3,10,13,16H,2,4-5H2,1H3,(H,18,23)(H,25,26)/t10-,13-,29?/m1/s1. The summed E-state index contributed by atoms with van der Waals surface area (Å²) in [5, 5.41) is 18.8. The molecule has 3 heterocycles. The van der Waals surface area contributed by atoms with Crippen molar-refractivity contribution in [3.8, 4) is 0 Å². The molecule has 1 unspecified atom stereocenters. The van der Waals surface area contributed by atoms with Crippen LogP contribution < -0.4 is 5.32 Å². The number of amides is 2. The minimum absolute atomic E-state index is 0.0132. The molecule has 0 spiro atoms. The fourth-order valence-electron chi connectivity index (χ4n) is 2.85. The highest BCUT2D eigenvalue weighted by molar-refractivity contribution is 8.03. The second-order valence-corrected chi connectivity index (χ2v) is 8.74. The molecule has 3 N–H and O–H groups in total. The summed E-state index contributed by atoms with van der Waals surface area (Å²) in [6.45, 7) is 1.17. The summed E-state index contributed by atoms with van der Waals surface area (Å²) in [6, 6.07) is -0.916. The molecule has 154 valence electrons. The highest BCUT2D eigenvalue weighted by Gasteiger charge is 2.54. The van der Waals surface area contributed by atoms with E-state index in [1.807, 2.05) is 0 Å². The number of carbonyl (C=O) groups is 5. The molecule has 0 radical (unpaired) electrons. The van der Waals surface area contributed by atoms with Crippen molar-refractivity contribution in [1.82, 2.24) is 10.2 Å². The first-order valence-corrected chi connectivity index (χ1v) is 10.5. The molecule has 1 saturated heterocycles. The maximum atomic E-state index is 12.4. The molecule has 3 aliphatic heterocycles. The fraction of sp³-hybridized carbons (Fsp3) is 0.400. The second-order valence-electron chi connectivity index (χ2n) is 6.08. The summed E-state index contributed by atoms with van der Waals surface area (Å²) in [5.74, 6) is -2.85. The van der Waals surface area contributed by atoms with Gasteiger partial charge in [-0.25, -0.2) is 14.6 Å². The first kappa shape index (κ1) is 20.9. The molecule has 0 aromatic heterocycles. The lowest BCUT2D eigenvalue weighted by molar-refractivity contribution is -0.150. The number of aliphatic imine (C=N–C) groups is 1. The van der Waals surface area contributed by atoms with Gasteiger partial charge in [-0.3, -0.25) is 24.7 Å². The van der Waals surface area contributed by atoms with Crippen LogP contribution in [0, 0.1) is 5.41 Å². The minimum Gasteiger partial charge on any atom is -0.477 e. The van der Waals surface area contributed by atoms with Gasteiger partial charge in [-0.2, -0.15) is 0 Å². The number of aliphatic carboxylic acids is 1. The smallest absolute Gasteiger partial charge is 0.353 e. The number of carboxylic acid groups (broad SMARTS) is 1. The van der Waals surface area contributed by atoms with E-state index in [4.69, 9.17) is 5.41 Å². The van der Waals surface area contributed by atoms with Crippen molar-refractivity contribution >= 4 is 63.4 Å². The Labute approximate surface area is 170 Å². The number of carboxylic acids is 1. The zero-order valence-corrected chi connectivity index (χ0v) is 16.5. The fourth-order valence-corrected chi connectivity index (χ4v) is 5.31. The van der Waals surface area contributed by atoms with Gasteiger partial charge in [0.2, 0.25) is 5.91 Å². The number of thioether (sulfide) groups is 1. The Bertz CT molecular complexity index is 941. The number of amidine groups is 1. The quantitative estimate of drug-likeness (QED) is 0.266. The number of fused-ring (bicyclic) bond motifs is 1. The van der Waals surface area contributed by atoms with Crippen LogP contribution in [0.3, 0.4) is 0 Å². The number of carbonyl (C=O) groups excluding carboxylic acids is 4. The Balaban J connectivity index is 1.61. The van der Waals surface area contributed by atoms with Crippen molar-refractivity contribution in [2.45, 2.75) is 24.8 Å². The first-order valence-electron chi connectivity index (χ1n) is 8.13. The van der Waals surface area contributed by atoms with Gasteiger partial charge in [-0.1, -0.05) is 0 Å². The lowest BCUT2D eigenvalue weighted by atomic mass is 10.0. The molecular formula is C15H15N5O7S2. The van der Waals surface area contributed by atoms with Crippen LogP contribution in [-0.4, -0.2) is 73.8 Å². The van der Waals surface area contributed by atoms with Gasteiger partial charge in [0.05, 0.1) is 12.2 Å². The summed E-state index contributed by atoms with van der Waals surface area (Å²) in [7, 11) is -1.07. The van der Waals surface area contributed by atoms with Crippen LogP contribution in [0.4, 0.5) is 0 Å². The number of hydrogen-bond acceptors (Lipinski definition) is 9. The van der Waals surface area contributed by atoms with E-state index < -0.39 is 45.9 Å². The summed E-state index contributed by atoms with van der Waals surface area (Å²) in [6.07, 6.45) is 0.237. The van der Waals surface area contributed by atoms with E-state index in [-0.39, 0.29) is 34.4 Å². The normalized spacial score (nSPS) is 25.9. The highest BCUT2D eigenvalue weighted by Crippen LogP contribution is 2.39. The Morgan fingerprint density at radius 3 is 2.86 bits per heavy atom. The van der Waals surface area contributed by atoms with Gasteiger partial charge < -0.3 is 15.3 Å². The van der Waals surface area contributed by atoms with E-state index in [9.17, 15) is 29.1 Å². The third-order valence-corrected chi connectivity index (χ3v) is 6.77. The SMILES string of the molecule is CC(=O)ON=S1CC(CC(=O)N[C@@H]2C(=O)N3C(C(=O)O)=C(C=O)CS[C@H]23)=NC1=N. The molecule has 0 aromatic rings. The van der Waals surface area contributed by atoms with Crippen molar-refractivity contribution in [3.05, 3.63) is 11.3 Å². The summed E-state index contributed by atoms with van der Waals surface area (Å²) in [4.78, 5) is 67.3. The largest absolute Gasteiger partial charge is 0.477 e. The molecule has 0 bridgehead atoms. The zero-order chi connectivity index (χ0) is 21.3. The lowest BCUT2D eigenvalue weighted by Crippen LogP contribution is -2.70. The molecule has 0 aromatic carbocycles. The van der Waals surface area contributed by atoms with Crippen LogP contribution in [0.5, 0.6) is 0 Å². The average Bonchev–Trinajstić information content (AvgIpc) is 3.01. The number of nitrogens with zero attached hydrogens (tertiary/aromatic N) is 3. The number of β-lactam (4-membered cyclic amide) rings is 1. The second kappa shape index (κ2) is 8.24. The third kappa shape index (κ3) is 4.12. The van der Waals surface area contributed by atoms with Crippen molar-refractivity contribution in [3.63, 3.8) is 0 Å². The van der Waals surface area contributed by atoms with Crippen molar-refractivity contribution in [1.29, 1.82) is 5.41 Å². The van der Waals surface area contributed by atoms with Gasteiger partial charge in [-0.15, -0.1) is 11.8 Å². The molecule has 1 fully saturated rings. The van der Waals surface area contributed by atoms with Crippen molar-refractivity contribution in [2.24, 2.45) is 9.52 Å². The molecule has 0 aliphatic carbocycles. The highest BCUT2D eigenvalue weighted by atomic mass is 32.2. The Hall–Kier alpha value is -2.87. The average molecular weight is 441 g/mol.